The van der Waals surface area contributed by atoms with Crippen LogP contribution in [-0.2, 0) is 14.6 Å². The highest BCUT2D eigenvalue weighted by molar-refractivity contribution is 7.90. The first kappa shape index (κ1) is 31.3. The van der Waals surface area contributed by atoms with Gasteiger partial charge in [0.25, 0.3) is 5.91 Å². The van der Waals surface area contributed by atoms with Crippen LogP contribution in [0.1, 0.15) is 79.5 Å². The number of para-hydroxylation sites is 1. The average molecular weight is 609 g/mol. The molecular weight excluding hydrogens is 573 g/mol. The lowest BCUT2D eigenvalue weighted by molar-refractivity contribution is -0.201. The fourth-order valence-electron chi connectivity index (χ4n) is 5.52. The normalized spacial score (nSPS) is 21.1. The molecule has 1 saturated heterocycles. The van der Waals surface area contributed by atoms with E-state index in [4.69, 9.17) is 10.1 Å². The molecule has 0 spiro atoms. The van der Waals surface area contributed by atoms with Crippen LogP contribution in [0.5, 0.6) is 5.75 Å². The van der Waals surface area contributed by atoms with Crippen LogP contribution in [0, 0.1) is 5.41 Å². The Morgan fingerprint density at radius 3 is 2.50 bits per heavy atom. The lowest BCUT2D eigenvalue weighted by atomic mass is 9.86. The van der Waals surface area contributed by atoms with Gasteiger partial charge in [-0.15, -0.1) is 0 Å². The van der Waals surface area contributed by atoms with Gasteiger partial charge in [-0.05, 0) is 43.0 Å². The molecule has 0 aromatic heterocycles. The van der Waals surface area contributed by atoms with E-state index in [0.29, 0.717) is 24.0 Å². The maximum Gasteiger partial charge on any atom is 0.425 e. The smallest absolute Gasteiger partial charge is 0.425 e. The van der Waals surface area contributed by atoms with Gasteiger partial charge in [0.2, 0.25) is 5.91 Å². The van der Waals surface area contributed by atoms with Gasteiger partial charge in [0.1, 0.15) is 15.6 Å². The van der Waals surface area contributed by atoms with Gasteiger partial charge in [-0.25, -0.2) is 8.42 Å². The molecule has 9 nitrogen and oxygen atoms in total. The van der Waals surface area contributed by atoms with Gasteiger partial charge < -0.3 is 15.4 Å². The summed E-state index contributed by atoms with van der Waals surface area (Å²) in [5.74, 6) is -1.37. The Morgan fingerprint density at radius 1 is 1.19 bits per heavy atom. The molecule has 2 aliphatic heterocycles. The number of halogens is 3. The SMILES string of the molecule is CCC1(CC)CC(=O)N([C@H](CCS(C)(=O)=O)c2cccc(C(=O)N[C@H]3C[C@H](C(F)(F)F)Oc4ccccc43)c2)C(=N)N1. The van der Waals surface area contributed by atoms with Crippen molar-refractivity contribution in [3.8, 4) is 5.75 Å². The number of carbonyl (C=O) groups is 2. The van der Waals surface area contributed by atoms with Crippen molar-refractivity contribution in [3.63, 3.8) is 0 Å². The summed E-state index contributed by atoms with van der Waals surface area (Å²) in [5.41, 5.74) is 0.376. The molecular formula is C29H35F3N4O5S. The summed E-state index contributed by atoms with van der Waals surface area (Å²) >= 11 is 0. The summed E-state index contributed by atoms with van der Waals surface area (Å²) in [7, 11) is -3.44. The number of nitrogens with zero attached hydrogens (tertiary/aromatic N) is 1. The van der Waals surface area contributed by atoms with Crippen molar-refractivity contribution in [2.45, 2.75) is 75.9 Å². The summed E-state index contributed by atoms with van der Waals surface area (Å²) < 4.78 is 70.0. The molecule has 2 aromatic carbocycles. The van der Waals surface area contributed by atoms with Gasteiger partial charge in [0, 0.05) is 29.3 Å². The molecule has 0 aliphatic carbocycles. The van der Waals surface area contributed by atoms with Crippen molar-refractivity contribution in [1.82, 2.24) is 15.5 Å². The Morgan fingerprint density at radius 2 is 1.88 bits per heavy atom. The topological polar surface area (TPSA) is 129 Å². The van der Waals surface area contributed by atoms with Crippen LogP contribution < -0.4 is 15.4 Å². The highest BCUT2D eigenvalue weighted by Crippen LogP contribution is 2.40. The predicted molar refractivity (Wildman–Crippen MR) is 151 cm³/mol. The number of fused-ring (bicyclic) bond motifs is 1. The van der Waals surface area contributed by atoms with Crippen LogP contribution in [-0.4, -0.2) is 60.9 Å². The third-order valence-corrected chi connectivity index (χ3v) is 9.00. The fraction of sp³-hybridized carbons (Fsp3) is 0.483. The molecule has 42 heavy (non-hydrogen) atoms. The largest absolute Gasteiger partial charge is 0.480 e. The van der Waals surface area contributed by atoms with E-state index in [1.807, 2.05) is 13.8 Å². The number of amides is 2. The van der Waals surface area contributed by atoms with Crippen molar-refractivity contribution >= 4 is 27.6 Å². The van der Waals surface area contributed by atoms with Crippen LogP contribution in [0.25, 0.3) is 0 Å². The second kappa shape index (κ2) is 11.9. The summed E-state index contributed by atoms with van der Waals surface area (Å²) in [5, 5.41) is 14.5. The molecule has 2 heterocycles. The van der Waals surface area contributed by atoms with Gasteiger partial charge in [-0.3, -0.25) is 19.9 Å². The summed E-state index contributed by atoms with van der Waals surface area (Å²) in [6, 6.07) is 10.5. The van der Waals surface area contributed by atoms with Crippen LogP contribution >= 0.6 is 0 Å². The first-order valence-corrected chi connectivity index (χ1v) is 15.8. The van der Waals surface area contributed by atoms with Gasteiger partial charge in [0.05, 0.1) is 24.3 Å². The lowest BCUT2D eigenvalue weighted by Gasteiger charge is -2.45. The van der Waals surface area contributed by atoms with Crippen molar-refractivity contribution in [3.05, 3.63) is 65.2 Å². The number of alkyl halides is 3. The lowest BCUT2D eigenvalue weighted by Crippen LogP contribution is -2.62. The predicted octanol–water partition coefficient (Wildman–Crippen LogP) is 4.66. The Balaban J connectivity index is 1.63. The second-order valence-electron chi connectivity index (χ2n) is 10.9. The van der Waals surface area contributed by atoms with Gasteiger partial charge in [0.15, 0.2) is 12.1 Å². The summed E-state index contributed by atoms with van der Waals surface area (Å²) in [6.07, 6.45) is -4.84. The first-order chi connectivity index (χ1) is 19.7. The second-order valence-corrected chi connectivity index (χ2v) is 13.2. The zero-order valence-electron chi connectivity index (χ0n) is 23.6. The molecule has 4 rings (SSSR count). The zero-order valence-corrected chi connectivity index (χ0v) is 24.4. The number of nitrogens with one attached hydrogen (secondary N) is 3. The molecule has 3 N–H and O–H groups in total. The Kier molecular flexibility index (Phi) is 8.91. The van der Waals surface area contributed by atoms with Crippen molar-refractivity contribution in [1.29, 1.82) is 5.41 Å². The molecule has 0 radical (unpaired) electrons. The summed E-state index contributed by atoms with van der Waals surface area (Å²) in [6.45, 7) is 3.84. The van der Waals surface area contributed by atoms with Crippen LogP contribution in [0.4, 0.5) is 13.2 Å². The van der Waals surface area contributed by atoms with Crippen molar-refractivity contribution in [2.75, 3.05) is 12.0 Å². The highest BCUT2D eigenvalue weighted by Gasteiger charge is 2.47. The number of rotatable bonds is 9. The van der Waals surface area contributed by atoms with Gasteiger partial charge in [-0.1, -0.05) is 44.2 Å². The van der Waals surface area contributed by atoms with Crippen LogP contribution in [0.2, 0.25) is 0 Å². The Hall–Kier alpha value is -3.61. The quantitative estimate of drug-likeness (QED) is 0.380. The summed E-state index contributed by atoms with van der Waals surface area (Å²) in [4.78, 5) is 28.0. The molecule has 1 fully saturated rings. The minimum absolute atomic E-state index is 0.0223. The standard InChI is InChI=1S/C29H35F3N4O5S/c1-4-28(5-2)17-25(37)36(27(33)35-28)22(13-14-42(3,39)40)18-9-8-10-19(15-18)26(38)34-21-16-24(29(30,31)32)41-23-12-7-6-11-20(21)23/h6-12,15,21-22,24H,4-5,13-14,16-17H2,1-3H3,(H2,33,35)(H,34,38)/t21-,22+,24+/m0/s1. The maximum atomic E-state index is 13.6. The van der Waals surface area contributed by atoms with Crippen molar-refractivity contribution < 1.29 is 35.9 Å². The van der Waals surface area contributed by atoms with E-state index in [2.05, 4.69) is 10.6 Å². The minimum Gasteiger partial charge on any atom is -0.480 e. The minimum atomic E-state index is -4.63. The van der Waals surface area contributed by atoms with Crippen molar-refractivity contribution in [2.24, 2.45) is 0 Å². The first-order valence-electron chi connectivity index (χ1n) is 13.8. The molecule has 3 atom stereocenters. The van der Waals surface area contributed by atoms with E-state index in [1.54, 1.807) is 30.3 Å². The number of ether oxygens (including phenoxy) is 1. The third kappa shape index (κ3) is 6.88. The number of carbonyl (C=O) groups excluding carboxylic acids is 2. The van der Waals surface area contributed by atoms with Gasteiger partial charge >= 0.3 is 6.18 Å². The van der Waals surface area contributed by atoms with E-state index in [9.17, 15) is 31.2 Å². The number of guanidine groups is 1. The number of hydrogen-bond acceptors (Lipinski definition) is 6. The molecule has 2 amide bonds. The number of sulfone groups is 1. The maximum absolute atomic E-state index is 13.6. The molecule has 228 valence electrons. The fourth-order valence-corrected chi connectivity index (χ4v) is 6.17. The van der Waals surface area contributed by atoms with Crippen LogP contribution in [0.15, 0.2) is 48.5 Å². The van der Waals surface area contributed by atoms with E-state index in [-0.39, 0.29) is 41.8 Å². The number of hydrogen-bond donors (Lipinski definition) is 3. The zero-order chi connectivity index (χ0) is 30.9. The highest BCUT2D eigenvalue weighted by atomic mass is 32.2. The van der Waals surface area contributed by atoms with E-state index < -0.39 is 52.1 Å². The van der Waals surface area contributed by atoms with Gasteiger partial charge in [-0.2, -0.15) is 13.2 Å². The van der Waals surface area contributed by atoms with E-state index >= 15 is 0 Å². The molecule has 2 aliphatic rings. The van der Waals surface area contributed by atoms with E-state index in [1.165, 1.54) is 23.1 Å². The third-order valence-electron chi connectivity index (χ3n) is 8.03. The molecule has 0 bridgehead atoms. The molecule has 2 aromatic rings. The monoisotopic (exact) mass is 608 g/mol. The molecule has 13 heteroatoms. The Labute approximate surface area is 243 Å². The van der Waals surface area contributed by atoms with Crippen LogP contribution in [0.3, 0.4) is 0 Å². The molecule has 0 unspecified atom stereocenters. The number of benzene rings is 2. The average Bonchev–Trinajstić information content (AvgIpc) is 2.93. The van der Waals surface area contributed by atoms with E-state index in [0.717, 1.165) is 6.26 Å². The Bertz CT molecular complexity index is 1440. The molecule has 0 saturated carbocycles.